The molecule has 0 saturated carbocycles. The first-order valence-corrected chi connectivity index (χ1v) is 4.12. The van der Waals surface area contributed by atoms with Crippen LogP contribution in [-0.2, 0) is 9.63 Å². The molecule has 11 heavy (non-hydrogen) atoms. The SMILES string of the molecule is CC(=O)ON1CCC(C)CC1. The minimum absolute atomic E-state index is 0.209. The Morgan fingerprint density at radius 3 is 2.45 bits per heavy atom. The van der Waals surface area contributed by atoms with Crippen LogP contribution in [0.2, 0.25) is 0 Å². The van der Waals surface area contributed by atoms with E-state index in [9.17, 15) is 4.79 Å². The molecular weight excluding hydrogens is 142 g/mol. The second-order valence-corrected chi connectivity index (χ2v) is 3.19. The predicted molar refractivity (Wildman–Crippen MR) is 41.7 cm³/mol. The minimum atomic E-state index is -0.209. The monoisotopic (exact) mass is 157 g/mol. The topological polar surface area (TPSA) is 29.5 Å². The zero-order chi connectivity index (χ0) is 8.27. The molecule has 0 atom stereocenters. The summed E-state index contributed by atoms with van der Waals surface area (Å²) < 4.78 is 0. The summed E-state index contributed by atoms with van der Waals surface area (Å²) in [4.78, 5) is 15.5. The highest BCUT2D eigenvalue weighted by Gasteiger charge is 2.17. The molecule has 0 N–H and O–H groups in total. The van der Waals surface area contributed by atoms with Gasteiger partial charge in [0.1, 0.15) is 0 Å². The number of hydrogen-bond donors (Lipinski definition) is 0. The van der Waals surface area contributed by atoms with Gasteiger partial charge in [0.25, 0.3) is 0 Å². The van der Waals surface area contributed by atoms with E-state index in [4.69, 9.17) is 4.84 Å². The number of piperidine rings is 1. The van der Waals surface area contributed by atoms with E-state index in [1.807, 2.05) is 0 Å². The molecule has 1 heterocycles. The van der Waals surface area contributed by atoms with Crippen molar-refractivity contribution >= 4 is 5.97 Å². The summed E-state index contributed by atoms with van der Waals surface area (Å²) in [7, 11) is 0. The van der Waals surface area contributed by atoms with E-state index >= 15 is 0 Å². The number of nitrogens with zero attached hydrogens (tertiary/aromatic N) is 1. The molecule has 1 saturated heterocycles. The standard InChI is InChI=1S/C8H15NO2/c1-7-3-5-9(6-4-7)11-8(2)10/h7H,3-6H2,1-2H3. The smallest absolute Gasteiger partial charge is 0.322 e. The summed E-state index contributed by atoms with van der Waals surface area (Å²) in [5, 5.41) is 1.75. The number of carbonyl (C=O) groups is 1. The number of hydrogen-bond acceptors (Lipinski definition) is 3. The van der Waals surface area contributed by atoms with E-state index in [2.05, 4.69) is 6.92 Å². The Bertz CT molecular complexity index is 139. The van der Waals surface area contributed by atoms with E-state index in [0.717, 1.165) is 31.8 Å². The quantitative estimate of drug-likeness (QED) is 0.572. The van der Waals surface area contributed by atoms with Crippen molar-refractivity contribution in [2.24, 2.45) is 5.92 Å². The molecule has 0 aromatic heterocycles. The Morgan fingerprint density at radius 1 is 1.45 bits per heavy atom. The zero-order valence-corrected chi connectivity index (χ0v) is 7.17. The van der Waals surface area contributed by atoms with Gasteiger partial charge in [-0.2, -0.15) is 0 Å². The highest BCUT2D eigenvalue weighted by molar-refractivity contribution is 5.65. The van der Waals surface area contributed by atoms with Crippen LogP contribution in [-0.4, -0.2) is 24.1 Å². The first-order chi connectivity index (χ1) is 5.18. The van der Waals surface area contributed by atoms with Gasteiger partial charge in [0, 0.05) is 20.0 Å². The van der Waals surface area contributed by atoms with Crippen LogP contribution in [0.25, 0.3) is 0 Å². The first-order valence-electron chi connectivity index (χ1n) is 4.12. The molecule has 0 aliphatic carbocycles. The van der Waals surface area contributed by atoms with Crippen molar-refractivity contribution in [3.8, 4) is 0 Å². The van der Waals surface area contributed by atoms with Gasteiger partial charge in [0.2, 0.25) is 0 Å². The Labute approximate surface area is 67.3 Å². The average Bonchev–Trinajstić information content (AvgIpc) is 1.93. The number of carbonyl (C=O) groups excluding carboxylic acids is 1. The van der Waals surface area contributed by atoms with E-state index in [1.165, 1.54) is 6.92 Å². The van der Waals surface area contributed by atoms with Gasteiger partial charge in [-0.25, -0.2) is 0 Å². The third kappa shape index (κ3) is 2.89. The lowest BCUT2D eigenvalue weighted by molar-refractivity contribution is -0.193. The van der Waals surface area contributed by atoms with Gasteiger partial charge in [-0.3, -0.25) is 4.79 Å². The van der Waals surface area contributed by atoms with Crippen molar-refractivity contribution < 1.29 is 9.63 Å². The Balaban J connectivity index is 2.22. The molecule has 64 valence electrons. The third-order valence-electron chi connectivity index (χ3n) is 2.00. The fourth-order valence-corrected chi connectivity index (χ4v) is 1.26. The molecular formula is C8H15NO2. The number of rotatable bonds is 1. The minimum Gasteiger partial charge on any atom is -0.368 e. The molecule has 0 spiro atoms. The highest BCUT2D eigenvalue weighted by Crippen LogP contribution is 2.15. The molecule has 1 fully saturated rings. The summed E-state index contributed by atoms with van der Waals surface area (Å²) in [5.74, 6) is 0.571. The van der Waals surface area contributed by atoms with Crippen molar-refractivity contribution in [3.63, 3.8) is 0 Å². The van der Waals surface area contributed by atoms with Crippen LogP contribution < -0.4 is 0 Å². The lowest BCUT2D eigenvalue weighted by atomic mass is 10.0. The van der Waals surface area contributed by atoms with Crippen LogP contribution in [0.1, 0.15) is 26.7 Å². The molecule has 3 heteroatoms. The van der Waals surface area contributed by atoms with Gasteiger partial charge in [-0.15, -0.1) is 5.06 Å². The van der Waals surface area contributed by atoms with Crippen molar-refractivity contribution in [1.82, 2.24) is 5.06 Å². The van der Waals surface area contributed by atoms with Crippen LogP contribution in [0, 0.1) is 5.92 Å². The van der Waals surface area contributed by atoms with E-state index in [-0.39, 0.29) is 5.97 Å². The number of hydroxylamine groups is 2. The van der Waals surface area contributed by atoms with Gasteiger partial charge in [-0.1, -0.05) is 6.92 Å². The first kappa shape index (κ1) is 8.53. The average molecular weight is 157 g/mol. The Hall–Kier alpha value is -0.570. The summed E-state index contributed by atoms with van der Waals surface area (Å²) in [6.07, 6.45) is 2.26. The normalized spacial score (nSPS) is 21.6. The largest absolute Gasteiger partial charge is 0.368 e. The second-order valence-electron chi connectivity index (χ2n) is 3.19. The van der Waals surface area contributed by atoms with Gasteiger partial charge in [-0.05, 0) is 18.8 Å². The van der Waals surface area contributed by atoms with Crippen molar-refractivity contribution in [2.75, 3.05) is 13.1 Å². The molecule has 0 amide bonds. The Kier molecular flexibility index (Phi) is 2.88. The highest BCUT2D eigenvalue weighted by atomic mass is 16.7. The summed E-state index contributed by atoms with van der Waals surface area (Å²) in [6.45, 7) is 5.45. The van der Waals surface area contributed by atoms with Gasteiger partial charge in [0.05, 0.1) is 0 Å². The van der Waals surface area contributed by atoms with Gasteiger partial charge in [0.15, 0.2) is 0 Å². The molecule has 1 aliphatic heterocycles. The molecule has 3 nitrogen and oxygen atoms in total. The van der Waals surface area contributed by atoms with Crippen LogP contribution in [0.15, 0.2) is 0 Å². The lowest BCUT2D eigenvalue weighted by Gasteiger charge is -2.27. The van der Waals surface area contributed by atoms with E-state index < -0.39 is 0 Å². The Morgan fingerprint density at radius 2 is 2.00 bits per heavy atom. The van der Waals surface area contributed by atoms with Crippen molar-refractivity contribution in [2.45, 2.75) is 26.7 Å². The molecule has 0 aromatic rings. The summed E-state index contributed by atoms with van der Waals surface area (Å²) in [5.41, 5.74) is 0. The fraction of sp³-hybridized carbons (Fsp3) is 0.875. The van der Waals surface area contributed by atoms with Gasteiger partial charge < -0.3 is 4.84 Å². The maximum atomic E-state index is 10.5. The molecule has 0 radical (unpaired) electrons. The third-order valence-corrected chi connectivity index (χ3v) is 2.00. The van der Waals surface area contributed by atoms with Crippen LogP contribution in [0.4, 0.5) is 0 Å². The van der Waals surface area contributed by atoms with Crippen LogP contribution in [0.5, 0.6) is 0 Å². The molecule has 0 aromatic carbocycles. The van der Waals surface area contributed by atoms with Crippen molar-refractivity contribution in [1.29, 1.82) is 0 Å². The molecule has 0 unspecified atom stereocenters. The van der Waals surface area contributed by atoms with Crippen LogP contribution >= 0.6 is 0 Å². The zero-order valence-electron chi connectivity index (χ0n) is 7.17. The fourth-order valence-electron chi connectivity index (χ4n) is 1.26. The van der Waals surface area contributed by atoms with E-state index in [1.54, 1.807) is 5.06 Å². The van der Waals surface area contributed by atoms with Gasteiger partial charge >= 0.3 is 5.97 Å². The maximum Gasteiger partial charge on any atom is 0.322 e. The van der Waals surface area contributed by atoms with Crippen molar-refractivity contribution in [3.05, 3.63) is 0 Å². The van der Waals surface area contributed by atoms with E-state index in [0.29, 0.717) is 0 Å². The summed E-state index contributed by atoms with van der Waals surface area (Å²) >= 11 is 0. The molecule has 0 bridgehead atoms. The maximum absolute atomic E-state index is 10.5. The molecule has 1 aliphatic rings. The van der Waals surface area contributed by atoms with Crippen LogP contribution in [0.3, 0.4) is 0 Å². The predicted octanol–water partition coefficient (Wildman–Crippen LogP) is 1.20. The lowest BCUT2D eigenvalue weighted by Crippen LogP contribution is -2.34. The summed E-state index contributed by atoms with van der Waals surface area (Å²) in [6, 6.07) is 0. The second kappa shape index (κ2) is 3.72. The molecule has 1 rings (SSSR count).